The molecule has 4 rings (SSSR count). The van der Waals surface area contributed by atoms with Crippen LogP contribution in [-0.2, 0) is 6.54 Å². The Labute approximate surface area is 161 Å². The van der Waals surface area contributed by atoms with Crippen LogP contribution in [0.5, 0.6) is 17.2 Å². The molecule has 0 aliphatic carbocycles. The van der Waals surface area contributed by atoms with Gasteiger partial charge in [-0.15, -0.1) is 0 Å². The molecule has 1 aliphatic rings. The number of nitrogens with one attached hydrogen (secondary N) is 1. The lowest BCUT2D eigenvalue weighted by molar-refractivity contribution is 0.0728. The van der Waals surface area contributed by atoms with Crippen molar-refractivity contribution in [3.8, 4) is 17.2 Å². The van der Waals surface area contributed by atoms with Crippen LogP contribution >= 0.6 is 0 Å². The fourth-order valence-corrected chi connectivity index (χ4v) is 2.83. The summed E-state index contributed by atoms with van der Waals surface area (Å²) in [5, 5.41) is 2.85. The molecule has 0 atom stereocenters. The van der Waals surface area contributed by atoms with Crippen molar-refractivity contribution in [3.05, 3.63) is 89.5 Å². The van der Waals surface area contributed by atoms with E-state index in [1.165, 1.54) is 6.07 Å². The van der Waals surface area contributed by atoms with Crippen molar-refractivity contribution in [1.82, 2.24) is 5.32 Å². The number of carbonyl (C=O) groups is 2. The standard InChI is InChI=1S/C22H17NO5/c24-21(23-13-15-6-2-1-3-7-15)16-8-4-9-17(12-16)28-22(25)18-10-5-11-19-20(18)27-14-26-19/h1-12H,13-14H2,(H,23,24). The molecule has 0 aromatic heterocycles. The largest absolute Gasteiger partial charge is 0.454 e. The zero-order valence-corrected chi connectivity index (χ0v) is 14.9. The van der Waals surface area contributed by atoms with Gasteiger partial charge in [0.15, 0.2) is 11.5 Å². The van der Waals surface area contributed by atoms with Gasteiger partial charge in [0.1, 0.15) is 11.3 Å². The second kappa shape index (κ2) is 7.84. The molecular formula is C22H17NO5. The minimum absolute atomic E-state index is 0.0662. The van der Waals surface area contributed by atoms with Crippen molar-refractivity contribution in [2.75, 3.05) is 6.79 Å². The van der Waals surface area contributed by atoms with Gasteiger partial charge in [0, 0.05) is 12.1 Å². The Morgan fingerprint density at radius 2 is 1.75 bits per heavy atom. The molecule has 0 fully saturated rings. The summed E-state index contributed by atoms with van der Waals surface area (Å²) in [6, 6.07) is 21.1. The third kappa shape index (κ3) is 3.81. The number of para-hydroxylation sites is 1. The molecule has 6 heteroatoms. The molecule has 0 saturated carbocycles. The van der Waals surface area contributed by atoms with Crippen molar-refractivity contribution in [2.24, 2.45) is 0 Å². The summed E-state index contributed by atoms with van der Waals surface area (Å²) in [4.78, 5) is 24.9. The molecule has 6 nitrogen and oxygen atoms in total. The van der Waals surface area contributed by atoms with Gasteiger partial charge < -0.3 is 19.5 Å². The molecule has 1 amide bonds. The number of rotatable bonds is 5. The number of esters is 1. The van der Waals surface area contributed by atoms with E-state index in [2.05, 4.69) is 5.32 Å². The maximum absolute atomic E-state index is 12.5. The highest BCUT2D eigenvalue weighted by molar-refractivity contribution is 5.96. The second-order valence-electron chi connectivity index (χ2n) is 6.12. The molecular weight excluding hydrogens is 358 g/mol. The third-order valence-corrected chi connectivity index (χ3v) is 4.22. The topological polar surface area (TPSA) is 73.9 Å². The molecule has 1 N–H and O–H groups in total. The van der Waals surface area contributed by atoms with E-state index in [4.69, 9.17) is 14.2 Å². The highest BCUT2D eigenvalue weighted by Crippen LogP contribution is 2.35. The lowest BCUT2D eigenvalue weighted by atomic mass is 10.1. The van der Waals surface area contributed by atoms with Crippen LogP contribution in [0.1, 0.15) is 26.3 Å². The predicted molar refractivity (Wildman–Crippen MR) is 102 cm³/mol. The number of hydrogen-bond donors (Lipinski definition) is 1. The van der Waals surface area contributed by atoms with Gasteiger partial charge in [-0.05, 0) is 35.9 Å². The molecule has 3 aromatic rings. The summed E-state index contributed by atoms with van der Waals surface area (Å²) < 4.78 is 16.0. The molecule has 140 valence electrons. The Balaban J connectivity index is 1.44. The minimum atomic E-state index is -0.579. The number of hydrogen-bond acceptors (Lipinski definition) is 5. The third-order valence-electron chi connectivity index (χ3n) is 4.22. The van der Waals surface area contributed by atoms with Gasteiger partial charge in [-0.25, -0.2) is 4.79 Å². The minimum Gasteiger partial charge on any atom is -0.454 e. The normalized spacial score (nSPS) is 11.7. The monoisotopic (exact) mass is 375 g/mol. The lowest BCUT2D eigenvalue weighted by Crippen LogP contribution is -2.22. The van der Waals surface area contributed by atoms with E-state index in [-0.39, 0.29) is 24.0 Å². The number of fused-ring (bicyclic) bond motifs is 1. The van der Waals surface area contributed by atoms with Crippen LogP contribution in [0.25, 0.3) is 0 Å². The van der Waals surface area contributed by atoms with Crippen LogP contribution in [0.15, 0.2) is 72.8 Å². The summed E-state index contributed by atoms with van der Waals surface area (Å²) in [6.45, 7) is 0.480. The van der Waals surface area contributed by atoms with E-state index < -0.39 is 5.97 Å². The van der Waals surface area contributed by atoms with E-state index in [9.17, 15) is 9.59 Å². The fourth-order valence-electron chi connectivity index (χ4n) is 2.83. The zero-order valence-electron chi connectivity index (χ0n) is 14.9. The summed E-state index contributed by atoms with van der Waals surface area (Å²) in [5.41, 5.74) is 1.67. The Morgan fingerprint density at radius 3 is 2.61 bits per heavy atom. The number of carbonyl (C=O) groups excluding carboxylic acids is 2. The summed E-state index contributed by atoms with van der Waals surface area (Å²) in [6.07, 6.45) is 0. The van der Waals surface area contributed by atoms with Crippen LogP contribution in [0.3, 0.4) is 0 Å². The average molecular weight is 375 g/mol. The van der Waals surface area contributed by atoms with Crippen molar-refractivity contribution in [2.45, 2.75) is 6.54 Å². The highest BCUT2D eigenvalue weighted by atomic mass is 16.7. The van der Waals surface area contributed by atoms with Crippen LogP contribution in [0.2, 0.25) is 0 Å². The number of benzene rings is 3. The van der Waals surface area contributed by atoms with Crippen LogP contribution in [-0.4, -0.2) is 18.7 Å². The lowest BCUT2D eigenvalue weighted by Gasteiger charge is -2.09. The Hall–Kier alpha value is -3.80. The van der Waals surface area contributed by atoms with Crippen LogP contribution in [0, 0.1) is 0 Å². The zero-order chi connectivity index (χ0) is 19.3. The van der Waals surface area contributed by atoms with Crippen molar-refractivity contribution < 1.29 is 23.8 Å². The average Bonchev–Trinajstić information content (AvgIpc) is 3.22. The maximum atomic E-state index is 12.5. The molecule has 1 heterocycles. The van der Waals surface area contributed by atoms with Gasteiger partial charge in [-0.1, -0.05) is 42.5 Å². The Bertz CT molecular complexity index is 1020. The summed E-state index contributed by atoms with van der Waals surface area (Å²) >= 11 is 0. The second-order valence-corrected chi connectivity index (χ2v) is 6.12. The first-order valence-electron chi connectivity index (χ1n) is 8.74. The predicted octanol–water partition coefficient (Wildman–Crippen LogP) is 3.56. The maximum Gasteiger partial charge on any atom is 0.347 e. The van der Waals surface area contributed by atoms with Gasteiger partial charge in [0.05, 0.1) is 0 Å². The van der Waals surface area contributed by atoms with E-state index in [1.807, 2.05) is 30.3 Å². The molecule has 3 aromatic carbocycles. The van der Waals surface area contributed by atoms with Crippen LogP contribution in [0.4, 0.5) is 0 Å². The molecule has 0 unspecified atom stereocenters. The highest BCUT2D eigenvalue weighted by Gasteiger charge is 2.23. The smallest absolute Gasteiger partial charge is 0.347 e. The first kappa shape index (κ1) is 17.6. The van der Waals surface area contributed by atoms with Crippen molar-refractivity contribution in [3.63, 3.8) is 0 Å². The fraction of sp³-hybridized carbons (Fsp3) is 0.0909. The molecule has 0 saturated heterocycles. The van der Waals surface area contributed by atoms with E-state index >= 15 is 0 Å². The molecule has 0 spiro atoms. The molecule has 0 radical (unpaired) electrons. The van der Waals surface area contributed by atoms with Gasteiger partial charge in [0.2, 0.25) is 6.79 Å². The SMILES string of the molecule is O=C(NCc1ccccc1)c1cccc(OC(=O)c2cccc3c2OCO3)c1. The Morgan fingerprint density at radius 1 is 0.929 bits per heavy atom. The van der Waals surface area contributed by atoms with Gasteiger partial charge in [-0.2, -0.15) is 0 Å². The molecule has 0 bridgehead atoms. The van der Waals surface area contributed by atoms with Crippen molar-refractivity contribution in [1.29, 1.82) is 0 Å². The summed E-state index contributed by atoms with van der Waals surface area (Å²) in [5.74, 6) is 0.310. The molecule has 1 aliphatic heterocycles. The number of amides is 1. The van der Waals surface area contributed by atoms with Crippen LogP contribution < -0.4 is 19.5 Å². The van der Waals surface area contributed by atoms with Crippen molar-refractivity contribution >= 4 is 11.9 Å². The molecule has 28 heavy (non-hydrogen) atoms. The van der Waals surface area contributed by atoms with E-state index in [0.717, 1.165) is 5.56 Å². The van der Waals surface area contributed by atoms with Gasteiger partial charge in [0.25, 0.3) is 5.91 Å². The number of ether oxygens (including phenoxy) is 3. The first-order valence-corrected chi connectivity index (χ1v) is 8.74. The summed E-state index contributed by atoms with van der Waals surface area (Å²) in [7, 11) is 0. The van der Waals surface area contributed by atoms with Gasteiger partial charge in [-0.3, -0.25) is 4.79 Å². The van der Waals surface area contributed by atoms with Gasteiger partial charge >= 0.3 is 5.97 Å². The van der Waals surface area contributed by atoms with E-state index in [1.54, 1.807) is 36.4 Å². The quantitative estimate of drug-likeness (QED) is 0.545. The van der Waals surface area contributed by atoms with E-state index in [0.29, 0.717) is 23.6 Å². The Kier molecular flexibility index (Phi) is 4.93. The first-order chi connectivity index (χ1) is 13.7.